The third-order valence-electron chi connectivity index (χ3n) is 3.99. The highest BCUT2D eigenvalue weighted by atomic mass is 17.4. The summed E-state index contributed by atoms with van der Waals surface area (Å²) in [4.78, 5) is 54.1. The molecular formula is C18H34O8. The van der Waals surface area contributed by atoms with E-state index in [1.54, 1.807) is 69.2 Å². The third-order valence-corrected chi connectivity index (χ3v) is 3.99. The summed E-state index contributed by atoms with van der Waals surface area (Å²) >= 11 is 0. The molecule has 26 heavy (non-hydrogen) atoms. The monoisotopic (exact) mass is 378 g/mol. The van der Waals surface area contributed by atoms with Gasteiger partial charge in [0.25, 0.3) is 0 Å². The van der Waals surface area contributed by atoms with Crippen LogP contribution in [0.15, 0.2) is 0 Å². The second-order valence-electron chi connectivity index (χ2n) is 7.79. The molecule has 0 aliphatic heterocycles. The second-order valence-corrected chi connectivity index (χ2v) is 7.79. The van der Waals surface area contributed by atoms with Crippen LogP contribution in [0.4, 0.5) is 0 Å². The second kappa shape index (κ2) is 10.2. The lowest BCUT2D eigenvalue weighted by atomic mass is 10.1. The molecule has 2 atom stereocenters. The molecule has 8 heteroatoms. The molecule has 0 fully saturated rings. The number of carbonyl (C=O) groups is 2. The molecule has 0 spiro atoms. The lowest BCUT2D eigenvalue weighted by Gasteiger charge is -2.35. The summed E-state index contributed by atoms with van der Waals surface area (Å²) in [5, 5.41) is 0. The van der Waals surface area contributed by atoms with Gasteiger partial charge >= 0.3 is 11.9 Å². The molecule has 0 heterocycles. The SMILES string of the molecule is CC(C)C(=O)OOC(C)(OOC(C)(OOC(=O)C(C)C)C(C)C)C(C)C. The van der Waals surface area contributed by atoms with Gasteiger partial charge in [-0.1, -0.05) is 55.4 Å². The fraction of sp³-hybridized carbons (Fsp3) is 0.889. The van der Waals surface area contributed by atoms with E-state index in [0.717, 1.165) is 0 Å². The Morgan fingerprint density at radius 3 is 1.04 bits per heavy atom. The third kappa shape index (κ3) is 7.57. The first-order valence-electron chi connectivity index (χ1n) is 8.91. The van der Waals surface area contributed by atoms with Crippen LogP contribution < -0.4 is 0 Å². The van der Waals surface area contributed by atoms with Crippen LogP contribution in [0.1, 0.15) is 69.2 Å². The average molecular weight is 378 g/mol. The minimum atomic E-state index is -1.40. The van der Waals surface area contributed by atoms with Crippen molar-refractivity contribution < 1.29 is 38.9 Å². The average Bonchev–Trinajstić information content (AvgIpc) is 2.54. The highest BCUT2D eigenvalue weighted by molar-refractivity contribution is 5.71. The van der Waals surface area contributed by atoms with E-state index in [9.17, 15) is 9.59 Å². The maximum Gasteiger partial charge on any atom is 0.345 e. The van der Waals surface area contributed by atoms with Crippen LogP contribution in [0.3, 0.4) is 0 Å². The van der Waals surface area contributed by atoms with Gasteiger partial charge in [-0.3, -0.25) is 9.78 Å². The summed E-state index contributed by atoms with van der Waals surface area (Å²) in [5.41, 5.74) is 0. The normalized spacial score (nSPS) is 16.7. The fourth-order valence-corrected chi connectivity index (χ4v) is 1.02. The van der Waals surface area contributed by atoms with Crippen molar-refractivity contribution in [2.75, 3.05) is 0 Å². The van der Waals surface area contributed by atoms with Crippen LogP contribution in [0.25, 0.3) is 0 Å². The Bertz CT molecular complexity index is 418. The van der Waals surface area contributed by atoms with Gasteiger partial charge in [0.15, 0.2) is 0 Å². The van der Waals surface area contributed by atoms with Crippen LogP contribution in [-0.4, -0.2) is 23.5 Å². The van der Waals surface area contributed by atoms with Crippen LogP contribution >= 0.6 is 0 Å². The van der Waals surface area contributed by atoms with Crippen molar-refractivity contribution in [3.8, 4) is 0 Å². The zero-order valence-corrected chi connectivity index (χ0v) is 17.6. The van der Waals surface area contributed by atoms with Gasteiger partial charge in [0, 0.05) is 11.8 Å². The Kier molecular flexibility index (Phi) is 9.72. The Morgan fingerprint density at radius 1 is 0.577 bits per heavy atom. The molecule has 0 aromatic carbocycles. The van der Waals surface area contributed by atoms with E-state index >= 15 is 0 Å². The van der Waals surface area contributed by atoms with E-state index < -0.39 is 23.5 Å². The van der Waals surface area contributed by atoms with Crippen LogP contribution in [0.5, 0.6) is 0 Å². The number of hydrogen-bond donors (Lipinski definition) is 0. The van der Waals surface area contributed by atoms with Gasteiger partial charge in [-0.05, 0) is 13.8 Å². The van der Waals surface area contributed by atoms with Gasteiger partial charge in [0.2, 0.25) is 11.6 Å². The Labute approximate surface area is 156 Å². The molecule has 0 radical (unpaired) electrons. The van der Waals surface area contributed by atoms with E-state index in [0.29, 0.717) is 0 Å². The maximum absolute atomic E-state index is 11.6. The Balaban J connectivity index is 5.02. The first-order chi connectivity index (χ1) is 11.7. The molecule has 0 saturated heterocycles. The minimum Gasteiger partial charge on any atom is -0.295 e. The maximum atomic E-state index is 11.6. The molecule has 0 aromatic rings. The minimum absolute atomic E-state index is 0.239. The molecule has 2 unspecified atom stereocenters. The van der Waals surface area contributed by atoms with Crippen molar-refractivity contribution >= 4 is 11.9 Å². The summed E-state index contributed by atoms with van der Waals surface area (Å²) in [6.45, 7) is 17.1. The van der Waals surface area contributed by atoms with Crippen molar-refractivity contribution in [2.45, 2.75) is 80.8 Å². The lowest BCUT2D eigenvalue weighted by Crippen LogP contribution is -2.46. The molecule has 0 rings (SSSR count). The van der Waals surface area contributed by atoms with Crippen LogP contribution in [-0.2, 0) is 38.9 Å². The Morgan fingerprint density at radius 2 is 0.846 bits per heavy atom. The van der Waals surface area contributed by atoms with E-state index in [4.69, 9.17) is 29.3 Å². The molecular weight excluding hydrogens is 344 g/mol. The van der Waals surface area contributed by atoms with Crippen molar-refractivity contribution in [2.24, 2.45) is 23.7 Å². The van der Waals surface area contributed by atoms with Crippen molar-refractivity contribution in [3.05, 3.63) is 0 Å². The summed E-state index contributed by atoms with van der Waals surface area (Å²) in [6, 6.07) is 0. The van der Waals surface area contributed by atoms with Gasteiger partial charge in [0.05, 0.1) is 11.8 Å². The van der Waals surface area contributed by atoms with E-state index in [2.05, 4.69) is 0 Å². The standard InChI is InChI=1S/C18H34O8/c1-11(2)15(19)21-23-17(9,13(5)6)25-26-18(10,14(7)8)24-22-16(20)12(3)4/h11-14H,1-10H3. The molecule has 0 saturated carbocycles. The Hall–Kier alpha value is -1.22. The van der Waals surface area contributed by atoms with Crippen LogP contribution in [0.2, 0.25) is 0 Å². The largest absolute Gasteiger partial charge is 0.345 e. The molecule has 0 aliphatic rings. The van der Waals surface area contributed by atoms with E-state index in [1.807, 2.05) is 0 Å². The highest BCUT2D eigenvalue weighted by Crippen LogP contribution is 2.30. The molecule has 0 bridgehead atoms. The number of carbonyl (C=O) groups excluding carboxylic acids is 2. The van der Waals surface area contributed by atoms with Gasteiger partial charge in [0.1, 0.15) is 0 Å². The molecule has 154 valence electrons. The lowest BCUT2D eigenvalue weighted by molar-refractivity contribution is -0.574. The predicted molar refractivity (Wildman–Crippen MR) is 92.7 cm³/mol. The smallest absolute Gasteiger partial charge is 0.295 e. The zero-order chi connectivity index (χ0) is 20.7. The summed E-state index contributed by atoms with van der Waals surface area (Å²) in [7, 11) is 0. The first kappa shape index (κ1) is 24.8. The van der Waals surface area contributed by atoms with Crippen molar-refractivity contribution in [1.82, 2.24) is 0 Å². The molecule has 8 nitrogen and oxygen atoms in total. The fourth-order valence-electron chi connectivity index (χ4n) is 1.02. The summed E-state index contributed by atoms with van der Waals surface area (Å²) in [6.07, 6.45) is 0. The van der Waals surface area contributed by atoms with Gasteiger partial charge in [-0.25, -0.2) is 9.59 Å². The summed E-state index contributed by atoms with van der Waals surface area (Å²) < 4.78 is 0. The zero-order valence-electron chi connectivity index (χ0n) is 17.6. The molecule has 0 amide bonds. The van der Waals surface area contributed by atoms with E-state index in [-0.39, 0.29) is 23.7 Å². The predicted octanol–water partition coefficient (Wildman–Crippen LogP) is 3.94. The quantitative estimate of drug-likeness (QED) is 0.303. The van der Waals surface area contributed by atoms with Gasteiger partial charge in [-0.15, -0.1) is 9.78 Å². The molecule has 0 aliphatic carbocycles. The topological polar surface area (TPSA) is 89.5 Å². The van der Waals surface area contributed by atoms with Crippen molar-refractivity contribution in [1.29, 1.82) is 0 Å². The van der Waals surface area contributed by atoms with E-state index in [1.165, 1.54) is 0 Å². The molecule has 0 N–H and O–H groups in total. The number of rotatable bonds is 11. The van der Waals surface area contributed by atoms with Gasteiger partial charge < -0.3 is 0 Å². The first-order valence-corrected chi connectivity index (χ1v) is 8.91. The highest BCUT2D eigenvalue weighted by Gasteiger charge is 2.42. The molecule has 0 aromatic heterocycles. The number of hydrogen-bond acceptors (Lipinski definition) is 8. The van der Waals surface area contributed by atoms with Crippen LogP contribution in [0, 0.1) is 23.7 Å². The summed E-state index contributed by atoms with van der Waals surface area (Å²) in [5.74, 6) is -5.05. The van der Waals surface area contributed by atoms with Gasteiger partial charge in [-0.2, -0.15) is 9.78 Å². The van der Waals surface area contributed by atoms with Crippen molar-refractivity contribution in [3.63, 3.8) is 0 Å².